The van der Waals surface area contributed by atoms with E-state index in [0.29, 0.717) is 19.7 Å². The fraction of sp³-hybridized carbons (Fsp3) is 0.333. The number of fused-ring (bicyclic) bond motifs is 1. The zero-order valence-electron chi connectivity index (χ0n) is 11.0. The molecular weight excluding hydrogens is 256 g/mol. The Kier molecular flexibility index (Phi) is 3.62. The van der Waals surface area contributed by atoms with Crippen molar-refractivity contribution in [2.75, 3.05) is 19.8 Å². The van der Waals surface area contributed by atoms with Gasteiger partial charge in [-0.25, -0.2) is 0 Å². The summed E-state index contributed by atoms with van der Waals surface area (Å²) in [5.41, 5.74) is 2.05. The van der Waals surface area contributed by atoms with Crippen molar-refractivity contribution in [1.29, 1.82) is 0 Å². The average molecular weight is 272 g/mol. The molecule has 0 amide bonds. The third-order valence-electron chi connectivity index (χ3n) is 3.58. The lowest BCUT2D eigenvalue weighted by Crippen LogP contribution is -2.49. The number of carboxylic acid groups (broad SMARTS) is 1. The molecule has 1 aliphatic heterocycles. The van der Waals surface area contributed by atoms with Crippen LogP contribution in [-0.2, 0) is 16.1 Å². The van der Waals surface area contributed by atoms with Crippen molar-refractivity contribution in [2.45, 2.75) is 12.6 Å². The average Bonchev–Trinajstić information content (AvgIpc) is 2.47. The monoisotopic (exact) mass is 272 g/mol. The molecule has 104 valence electrons. The smallest absolute Gasteiger partial charge is 0.323 e. The van der Waals surface area contributed by atoms with Gasteiger partial charge < -0.3 is 9.84 Å². The Balaban J connectivity index is 1.82. The molecule has 1 aromatic carbocycles. The Bertz CT molecular complexity index is 629. The minimum Gasteiger partial charge on any atom is -0.480 e. The van der Waals surface area contributed by atoms with Crippen molar-refractivity contribution >= 4 is 16.9 Å². The van der Waals surface area contributed by atoms with Gasteiger partial charge in [-0.2, -0.15) is 0 Å². The van der Waals surface area contributed by atoms with E-state index in [4.69, 9.17) is 4.74 Å². The molecule has 0 radical (unpaired) electrons. The maximum Gasteiger partial charge on any atom is 0.323 e. The van der Waals surface area contributed by atoms with Crippen LogP contribution in [0.5, 0.6) is 0 Å². The predicted molar refractivity (Wildman–Crippen MR) is 74.4 cm³/mol. The summed E-state index contributed by atoms with van der Waals surface area (Å²) in [6.07, 6.45) is 1.77. The highest BCUT2D eigenvalue weighted by Gasteiger charge is 2.28. The van der Waals surface area contributed by atoms with Gasteiger partial charge in [0.1, 0.15) is 6.04 Å². The fourth-order valence-corrected chi connectivity index (χ4v) is 2.51. The summed E-state index contributed by atoms with van der Waals surface area (Å²) in [5, 5.41) is 10.3. The second-order valence-corrected chi connectivity index (χ2v) is 4.93. The van der Waals surface area contributed by atoms with Gasteiger partial charge in [0.05, 0.1) is 18.7 Å². The number of ether oxygens (including phenoxy) is 1. The summed E-state index contributed by atoms with van der Waals surface area (Å²) in [6, 6.07) is 9.40. The SMILES string of the molecule is O=C(O)C1COCCN1Cc1ccc2ncccc2c1. The minimum atomic E-state index is -0.827. The van der Waals surface area contributed by atoms with E-state index in [1.807, 2.05) is 29.2 Å². The van der Waals surface area contributed by atoms with Crippen LogP contribution >= 0.6 is 0 Å². The van der Waals surface area contributed by atoms with E-state index in [0.717, 1.165) is 16.5 Å². The van der Waals surface area contributed by atoms with Crippen molar-refractivity contribution in [1.82, 2.24) is 9.88 Å². The first kappa shape index (κ1) is 13.0. The first-order chi connectivity index (χ1) is 9.74. The van der Waals surface area contributed by atoms with Gasteiger partial charge >= 0.3 is 5.97 Å². The van der Waals surface area contributed by atoms with Crippen molar-refractivity contribution in [3.05, 3.63) is 42.1 Å². The summed E-state index contributed by atoms with van der Waals surface area (Å²) in [5.74, 6) is -0.827. The van der Waals surface area contributed by atoms with Crippen LogP contribution in [0.4, 0.5) is 0 Å². The van der Waals surface area contributed by atoms with Crippen LogP contribution in [-0.4, -0.2) is 46.8 Å². The van der Waals surface area contributed by atoms with Gasteiger partial charge in [-0.05, 0) is 23.8 Å². The van der Waals surface area contributed by atoms with E-state index in [9.17, 15) is 9.90 Å². The summed E-state index contributed by atoms with van der Waals surface area (Å²) < 4.78 is 5.25. The van der Waals surface area contributed by atoms with E-state index in [1.165, 1.54) is 0 Å². The molecule has 1 aromatic heterocycles. The van der Waals surface area contributed by atoms with Gasteiger partial charge in [0.25, 0.3) is 0 Å². The van der Waals surface area contributed by atoms with Crippen LogP contribution in [0.2, 0.25) is 0 Å². The molecule has 2 aromatic rings. The Morgan fingerprint density at radius 2 is 2.35 bits per heavy atom. The first-order valence-electron chi connectivity index (χ1n) is 6.62. The number of carbonyl (C=O) groups is 1. The lowest BCUT2D eigenvalue weighted by atomic mass is 10.1. The van der Waals surface area contributed by atoms with Crippen molar-refractivity contribution in [2.24, 2.45) is 0 Å². The van der Waals surface area contributed by atoms with Gasteiger partial charge in [-0.15, -0.1) is 0 Å². The number of morpholine rings is 1. The third-order valence-corrected chi connectivity index (χ3v) is 3.58. The topological polar surface area (TPSA) is 62.7 Å². The molecule has 2 heterocycles. The molecule has 1 fully saturated rings. The van der Waals surface area contributed by atoms with Crippen molar-refractivity contribution < 1.29 is 14.6 Å². The Morgan fingerprint density at radius 3 is 3.20 bits per heavy atom. The summed E-state index contributed by atoms with van der Waals surface area (Å²) >= 11 is 0. The maximum absolute atomic E-state index is 11.2. The van der Waals surface area contributed by atoms with E-state index >= 15 is 0 Å². The highest BCUT2D eigenvalue weighted by Crippen LogP contribution is 2.17. The molecule has 0 bridgehead atoms. The standard InChI is InChI=1S/C15H16N2O3/c18-15(19)14-10-20-7-6-17(14)9-11-3-4-13-12(8-11)2-1-5-16-13/h1-5,8,14H,6-7,9-10H2,(H,18,19). The third kappa shape index (κ3) is 2.64. The van der Waals surface area contributed by atoms with E-state index in [1.54, 1.807) is 6.20 Å². The predicted octanol–water partition coefficient (Wildman–Crippen LogP) is 1.52. The molecule has 0 aliphatic carbocycles. The normalized spacial score (nSPS) is 20.1. The zero-order chi connectivity index (χ0) is 13.9. The van der Waals surface area contributed by atoms with Crippen molar-refractivity contribution in [3.8, 4) is 0 Å². The van der Waals surface area contributed by atoms with Crippen LogP contribution in [0.3, 0.4) is 0 Å². The Morgan fingerprint density at radius 1 is 1.45 bits per heavy atom. The van der Waals surface area contributed by atoms with Crippen molar-refractivity contribution in [3.63, 3.8) is 0 Å². The van der Waals surface area contributed by atoms with Gasteiger partial charge in [-0.1, -0.05) is 12.1 Å². The van der Waals surface area contributed by atoms with Gasteiger partial charge in [-0.3, -0.25) is 14.7 Å². The highest BCUT2D eigenvalue weighted by molar-refractivity contribution is 5.79. The van der Waals surface area contributed by atoms with Gasteiger partial charge in [0.15, 0.2) is 0 Å². The molecule has 1 unspecified atom stereocenters. The number of hydrogen-bond acceptors (Lipinski definition) is 4. The second kappa shape index (κ2) is 5.56. The maximum atomic E-state index is 11.2. The first-order valence-corrected chi connectivity index (χ1v) is 6.62. The Hall–Kier alpha value is -1.98. The van der Waals surface area contributed by atoms with E-state index < -0.39 is 12.0 Å². The second-order valence-electron chi connectivity index (χ2n) is 4.93. The van der Waals surface area contributed by atoms with Crippen LogP contribution in [0, 0.1) is 0 Å². The molecule has 1 aliphatic rings. The summed E-state index contributed by atoms with van der Waals surface area (Å²) in [7, 11) is 0. The van der Waals surface area contributed by atoms with Crippen LogP contribution in [0.15, 0.2) is 36.5 Å². The molecule has 0 spiro atoms. The fourth-order valence-electron chi connectivity index (χ4n) is 2.51. The number of rotatable bonds is 3. The number of pyridine rings is 1. The molecule has 1 N–H and O–H groups in total. The number of hydrogen-bond donors (Lipinski definition) is 1. The number of nitrogens with zero attached hydrogens (tertiary/aromatic N) is 2. The van der Waals surface area contributed by atoms with Crippen LogP contribution < -0.4 is 0 Å². The molecule has 5 heteroatoms. The minimum absolute atomic E-state index is 0.254. The number of carboxylic acids is 1. The largest absolute Gasteiger partial charge is 0.480 e. The van der Waals surface area contributed by atoms with E-state index in [2.05, 4.69) is 11.1 Å². The molecule has 1 saturated heterocycles. The lowest BCUT2D eigenvalue weighted by molar-refractivity contribution is -0.150. The Labute approximate surface area is 116 Å². The van der Waals surface area contributed by atoms with Crippen LogP contribution in [0.25, 0.3) is 10.9 Å². The number of aromatic nitrogens is 1. The quantitative estimate of drug-likeness (QED) is 0.918. The molecule has 20 heavy (non-hydrogen) atoms. The van der Waals surface area contributed by atoms with Crippen LogP contribution in [0.1, 0.15) is 5.56 Å². The number of benzene rings is 1. The van der Waals surface area contributed by atoms with Gasteiger partial charge in [0, 0.05) is 24.7 Å². The van der Waals surface area contributed by atoms with Gasteiger partial charge in [0.2, 0.25) is 0 Å². The summed E-state index contributed by atoms with van der Waals surface area (Å²) in [4.78, 5) is 17.5. The molecule has 5 nitrogen and oxygen atoms in total. The number of aliphatic carboxylic acids is 1. The highest BCUT2D eigenvalue weighted by atomic mass is 16.5. The lowest BCUT2D eigenvalue weighted by Gasteiger charge is -2.32. The molecular formula is C15H16N2O3. The van der Waals surface area contributed by atoms with E-state index in [-0.39, 0.29) is 6.61 Å². The molecule has 3 rings (SSSR count). The molecule has 0 saturated carbocycles. The molecule has 1 atom stereocenters. The zero-order valence-corrected chi connectivity index (χ0v) is 11.0. The summed E-state index contributed by atoms with van der Waals surface area (Å²) in [6.45, 7) is 2.09.